The fourth-order valence-electron chi connectivity index (χ4n) is 1.18. The SMILES string of the molecule is CC(O)CNC(=O)c1cc(Cl)ccc1[N+](=O)[O-]. The Balaban J connectivity index is 2.98. The summed E-state index contributed by atoms with van der Waals surface area (Å²) in [6.07, 6.45) is -0.725. The van der Waals surface area contributed by atoms with E-state index in [0.717, 1.165) is 0 Å². The molecule has 0 aromatic heterocycles. The summed E-state index contributed by atoms with van der Waals surface area (Å²) in [4.78, 5) is 21.7. The molecule has 0 aliphatic carbocycles. The molecular weight excluding hydrogens is 248 g/mol. The van der Waals surface area contributed by atoms with Gasteiger partial charge in [0.05, 0.1) is 11.0 Å². The summed E-state index contributed by atoms with van der Waals surface area (Å²) < 4.78 is 0. The number of benzene rings is 1. The lowest BCUT2D eigenvalue weighted by atomic mass is 10.1. The number of nitro benzene ring substituents is 1. The molecule has 7 heteroatoms. The highest BCUT2D eigenvalue weighted by atomic mass is 35.5. The molecule has 1 rings (SSSR count). The molecule has 0 heterocycles. The molecule has 0 saturated carbocycles. The second kappa shape index (κ2) is 5.60. The van der Waals surface area contributed by atoms with E-state index in [4.69, 9.17) is 16.7 Å². The van der Waals surface area contributed by atoms with Gasteiger partial charge in [0, 0.05) is 17.6 Å². The van der Waals surface area contributed by atoms with Crippen LogP contribution < -0.4 is 5.32 Å². The third-order valence-corrected chi connectivity index (χ3v) is 2.19. The minimum absolute atomic E-state index is 0.0164. The number of nitrogens with one attached hydrogen (secondary N) is 1. The van der Waals surface area contributed by atoms with Gasteiger partial charge in [0.2, 0.25) is 0 Å². The number of nitro groups is 1. The monoisotopic (exact) mass is 258 g/mol. The highest BCUT2D eigenvalue weighted by Crippen LogP contribution is 2.22. The predicted octanol–water partition coefficient (Wildman–Crippen LogP) is 1.36. The van der Waals surface area contributed by atoms with E-state index >= 15 is 0 Å². The normalized spacial score (nSPS) is 11.9. The van der Waals surface area contributed by atoms with Crippen LogP contribution in [-0.4, -0.2) is 28.6 Å². The number of aliphatic hydroxyl groups is 1. The van der Waals surface area contributed by atoms with Gasteiger partial charge in [0.25, 0.3) is 11.6 Å². The molecule has 1 unspecified atom stereocenters. The van der Waals surface area contributed by atoms with E-state index in [-0.39, 0.29) is 22.8 Å². The summed E-state index contributed by atoms with van der Waals surface area (Å²) in [5, 5.41) is 22.3. The first-order chi connectivity index (χ1) is 7.91. The fraction of sp³-hybridized carbons (Fsp3) is 0.300. The zero-order valence-electron chi connectivity index (χ0n) is 9.01. The Morgan fingerprint density at radius 1 is 1.65 bits per heavy atom. The Hall–Kier alpha value is -1.66. The van der Waals surface area contributed by atoms with Crippen LogP contribution in [0.4, 0.5) is 5.69 Å². The Morgan fingerprint density at radius 2 is 2.29 bits per heavy atom. The minimum Gasteiger partial charge on any atom is -0.392 e. The van der Waals surface area contributed by atoms with E-state index in [1.807, 2.05) is 0 Å². The number of carbonyl (C=O) groups is 1. The highest BCUT2D eigenvalue weighted by Gasteiger charge is 2.20. The third kappa shape index (κ3) is 3.69. The van der Waals surface area contributed by atoms with Gasteiger partial charge in [-0.15, -0.1) is 0 Å². The van der Waals surface area contributed by atoms with Crippen LogP contribution in [0.2, 0.25) is 5.02 Å². The van der Waals surface area contributed by atoms with Crippen molar-refractivity contribution < 1.29 is 14.8 Å². The first-order valence-corrected chi connectivity index (χ1v) is 5.20. The van der Waals surface area contributed by atoms with Gasteiger partial charge in [0.15, 0.2) is 0 Å². The maximum Gasteiger partial charge on any atom is 0.282 e. The molecule has 1 atom stereocenters. The average molecular weight is 259 g/mol. The summed E-state index contributed by atoms with van der Waals surface area (Å²) in [6, 6.07) is 3.72. The summed E-state index contributed by atoms with van der Waals surface area (Å²) in [6.45, 7) is 1.51. The molecule has 0 bridgehead atoms. The number of nitrogens with zero attached hydrogens (tertiary/aromatic N) is 1. The Bertz CT molecular complexity index is 448. The first-order valence-electron chi connectivity index (χ1n) is 4.82. The lowest BCUT2D eigenvalue weighted by Crippen LogP contribution is -2.30. The van der Waals surface area contributed by atoms with Crippen molar-refractivity contribution >= 4 is 23.2 Å². The summed E-state index contributed by atoms with van der Waals surface area (Å²) in [7, 11) is 0. The van der Waals surface area contributed by atoms with Crippen molar-refractivity contribution in [3.05, 3.63) is 38.9 Å². The number of hydrogen-bond acceptors (Lipinski definition) is 4. The minimum atomic E-state index is -0.725. The second-order valence-electron chi connectivity index (χ2n) is 3.48. The van der Waals surface area contributed by atoms with Gasteiger partial charge >= 0.3 is 0 Å². The second-order valence-corrected chi connectivity index (χ2v) is 3.91. The maximum atomic E-state index is 11.6. The average Bonchev–Trinajstić information content (AvgIpc) is 2.25. The lowest BCUT2D eigenvalue weighted by molar-refractivity contribution is -0.385. The van der Waals surface area contributed by atoms with Gasteiger partial charge in [0.1, 0.15) is 5.56 Å². The van der Waals surface area contributed by atoms with Crippen molar-refractivity contribution in [1.82, 2.24) is 5.32 Å². The molecule has 0 aliphatic heterocycles. The summed E-state index contributed by atoms with van der Waals surface area (Å²) in [5.41, 5.74) is -0.444. The van der Waals surface area contributed by atoms with E-state index in [1.165, 1.54) is 25.1 Å². The van der Waals surface area contributed by atoms with Gasteiger partial charge in [-0.2, -0.15) is 0 Å². The molecule has 6 nitrogen and oxygen atoms in total. The van der Waals surface area contributed by atoms with Crippen LogP contribution >= 0.6 is 11.6 Å². The Kier molecular flexibility index (Phi) is 4.42. The van der Waals surface area contributed by atoms with Crippen molar-refractivity contribution in [1.29, 1.82) is 0 Å². The van der Waals surface area contributed by atoms with Crippen LogP contribution in [0.5, 0.6) is 0 Å². The van der Waals surface area contributed by atoms with Crippen LogP contribution in [0.25, 0.3) is 0 Å². The van der Waals surface area contributed by atoms with Gasteiger partial charge in [-0.05, 0) is 19.1 Å². The van der Waals surface area contributed by atoms with Gasteiger partial charge < -0.3 is 10.4 Å². The molecule has 0 aliphatic rings. The number of carbonyl (C=O) groups excluding carboxylic acids is 1. The van der Waals surface area contributed by atoms with E-state index in [9.17, 15) is 14.9 Å². The van der Waals surface area contributed by atoms with Crippen molar-refractivity contribution in [3.8, 4) is 0 Å². The molecule has 0 saturated heterocycles. The van der Waals surface area contributed by atoms with Crippen LogP contribution in [0.3, 0.4) is 0 Å². The molecule has 0 fully saturated rings. The van der Waals surface area contributed by atoms with E-state index in [0.29, 0.717) is 0 Å². The Morgan fingerprint density at radius 3 is 2.82 bits per heavy atom. The summed E-state index contributed by atoms with van der Waals surface area (Å²) >= 11 is 5.68. The van der Waals surface area contributed by atoms with Gasteiger partial charge in [-0.3, -0.25) is 14.9 Å². The number of halogens is 1. The lowest BCUT2D eigenvalue weighted by Gasteiger charge is -2.07. The van der Waals surface area contributed by atoms with Crippen LogP contribution in [0.15, 0.2) is 18.2 Å². The molecule has 17 heavy (non-hydrogen) atoms. The molecule has 1 aromatic carbocycles. The number of hydrogen-bond donors (Lipinski definition) is 2. The van der Waals surface area contributed by atoms with Crippen LogP contribution in [0, 0.1) is 10.1 Å². The zero-order valence-corrected chi connectivity index (χ0v) is 9.77. The van der Waals surface area contributed by atoms with Gasteiger partial charge in [-0.1, -0.05) is 11.6 Å². The third-order valence-electron chi connectivity index (χ3n) is 1.96. The molecule has 1 aromatic rings. The van der Waals surface area contributed by atoms with E-state index < -0.39 is 16.9 Å². The van der Waals surface area contributed by atoms with Crippen molar-refractivity contribution in [2.24, 2.45) is 0 Å². The van der Waals surface area contributed by atoms with Crippen molar-refractivity contribution in [2.45, 2.75) is 13.0 Å². The smallest absolute Gasteiger partial charge is 0.282 e. The fourth-order valence-corrected chi connectivity index (χ4v) is 1.36. The topological polar surface area (TPSA) is 92.5 Å². The summed E-state index contributed by atoms with van der Waals surface area (Å²) in [5.74, 6) is -0.639. The standard InChI is InChI=1S/C10H11ClN2O4/c1-6(14)5-12-10(15)8-4-7(11)2-3-9(8)13(16)17/h2-4,6,14H,5H2,1H3,(H,12,15). The molecule has 2 N–H and O–H groups in total. The molecule has 0 spiro atoms. The largest absolute Gasteiger partial charge is 0.392 e. The predicted molar refractivity (Wildman–Crippen MR) is 62.1 cm³/mol. The van der Waals surface area contributed by atoms with Crippen molar-refractivity contribution in [2.75, 3.05) is 6.54 Å². The Labute approximate surface area is 102 Å². The number of aliphatic hydroxyl groups excluding tert-OH is 1. The number of amides is 1. The quantitative estimate of drug-likeness (QED) is 0.630. The zero-order chi connectivity index (χ0) is 13.0. The molecule has 0 radical (unpaired) electrons. The van der Waals surface area contributed by atoms with E-state index in [2.05, 4.69) is 5.32 Å². The van der Waals surface area contributed by atoms with Gasteiger partial charge in [-0.25, -0.2) is 0 Å². The highest BCUT2D eigenvalue weighted by molar-refractivity contribution is 6.31. The molecule has 1 amide bonds. The maximum absolute atomic E-state index is 11.6. The van der Waals surface area contributed by atoms with E-state index in [1.54, 1.807) is 0 Å². The van der Waals surface area contributed by atoms with Crippen LogP contribution in [-0.2, 0) is 0 Å². The number of rotatable bonds is 4. The molecule has 92 valence electrons. The molecular formula is C10H11ClN2O4. The van der Waals surface area contributed by atoms with Crippen LogP contribution in [0.1, 0.15) is 17.3 Å². The first kappa shape index (κ1) is 13.4. The van der Waals surface area contributed by atoms with Crippen molar-refractivity contribution in [3.63, 3.8) is 0 Å².